The highest BCUT2D eigenvalue weighted by Gasteiger charge is 2.33. The van der Waals surface area contributed by atoms with Gasteiger partial charge in [0, 0.05) is 39.3 Å². The second-order valence-electron chi connectivity index (χ2n) is 7.25. The van der Waals surface area contributed by atoms with Crippen LogP contribution in [0, 0.1) is 0 Å². The molecule has 2 aliphatic heterocycles. The van der Waals surface area contributed by atoms with Crippen LogP contribution >= 0.6 is 0 Å². The standard InChI is InChI=1S/C19H29N3O3S/c1-26(24,25)22-14-8-13-20(15-16-22)18(17-9-4-2-5-10-17)19(23)21-11-6-3-7-12-21/h2,4-5,9-10,18H,3,6-8,11-16H2,1H3. The minimum atomic E-state index is -3.19. The first-order valence-corrected chi connectivity index (χ1v) is 11.3. The summed E-state index contributed by atoms with van der Waals surface area (Å²) in [4.78, 5) is 17.5. The van der Waals surface area contributed by atoms with E-state index in [-0.39, 0.29) is 11.9 Å². The molecule has 26 heavy (non-hydrogen) atoms. The van der Waals surface area contributed by atoms with Crippen molar-refractivity contribution < 1.29 is 13.2 Å². The van der Waals surface area contributed by atoms with Gasteiger partial charge >= 0.3 is 0 Å². The summed E-state index contributed by atoms with van der Waals surface area (Å²) in [6, 6.07) is 9.57. The molecular formula is C19H29N3O3S. The number of likely N-dealkylation sites (tertiary alicyclic amines) is 1. The van der Waals surface area contributed by atoms with E-state index in [9.17, 15) is 13.2 Å². The number of hydrogen-bond acceptors (Lipinski definition) is 4. The molecule has 1 amide bonds. The van der Waals surface area contributed by atoms with E-state index in [1.54, 1.807) is 0 Å². The molecule has 2 saturated heterocycles. The number of nitrogens with zero attached hydrogens (tertiary/aromatic N) is 3. The van der Waals surface area contributed by atoms with E-state index in [4.69, 9.17) is 0 Å². The molecular weight excluding hydrogens is 350 g/mol. The molecule has 3 rings (SSSR count). The summed E-state index contributed by atoms with van der Waals surface area (Å²) in [5.74, 6) is 0.156. The largest absolute Gasteiger partial charge is 0.341 e. The third kappa shape index (κ3) is 4.64. The molecule has 2 heterocycles. The second kappa shape index (κ2) is 8.50. The molecule has 144 valence electrons. The van der Waals surface area contributed by atoms with Crippen molar-refractivity contribution in [1.82, 2.24) is 14.1 Å². The van der Waals surface area contributed by atoms with Crippen molar-refractivity contribution in [1.29, 1.82) is 0 Å². The number of piperidine rings is 1. The van der Waals surface area contributed by atoms with Crippen molar-refractivity contribution in [3.8, 4) is 0 Å². The summed E-state index contributed by atoms with van der Waals surface area (Å²) in [5.41, 5.74) is 0.996. The highest BCUT2D eigenvalue weighted by Crippen LogP contribution is 2.26. The lowest BCUT2D eigenvalue weighted by Crippen LogP contribution is -2.46. The van der Waals surface area contributed by atoms with Crippen molar-refractivity contribution in [2.45, 2.75) is 31.7 Å². The van der Waals surface area contributed by atoms with Gasteiger partial charge in [-0.15, -0.1) is 0 Å². The molecule has 1 unspecified atom stereocenters. The van der Waals surface area contributed by atoms with Crippen LogP contribution in [0.4, 0.5) is 0 Å². The summed E-state index contributed by atoms with van der Waals surface area (Å²) in [7, 11) is -3.19. The molecule has 1 aromatic carbocycles. The Labute approximate surface area is 156 Å². The smallest absolute Gasteiger partial charge is 0.244 e. The van der Waals surface area contributed by atoms with Gasteiger partial charge in [-0.1, -0.05) is 30.3 Å². The van der Waals surface area contributed by atoms with Gasteiger partial charge in [0.05, 0.1) is 6.26 Å². The van der Waals surface area contributed by atoms with E-state index < -0.39 is 10.0 Å². The fourth-order valence-corrected chi connectivity index (χ4v) is 4.81. The first kappa shape index (κ1) is 19.3. The Balaban J connectivity index is 1.82. The average molecular weight is 380 g/mol. The Morgan fingerprint density at radius 3 is 2.23 bits per heavy atom. The SMILES string of the molecule is CS(=O)(=O)N1CCCN(C(C(=O)N2CCCCC2)c2ccccc2)CC1. The molecule has 1 atom stereocenters. The zero-order chi connectivity index (χ0) is 18.6. The fourth-order valence-electron chi connectivity index (χ4n) is 3.94. The van der Waals surface area contributed by atoms with E-state index in [1.165, 1.54) is 17.0 Å². The molecule has 0 N–H and O–H groups in total. The van der Waals surface area contributed by atoms with Crippen molar-refractivity contribution in [3.05, 3.63) is 35.9 Å². The van der Waals surface area contributed by atoms with E-state index in [0.717, 1.165) is 44.5 Å². The Morgan fingerprint density at radius 2 is 1.58 bits per heavy atom. The van der Waals surface area contributed by atoms with E-state index in [2.05, 4.69) is 4.90 Å². The lowest BCUT2D eigenvalue weighted by molar-refractivity contribution is -0.138. The normalized spacial score (nSPS) is 22.0. The van der Waals surface area contributed by atoms with Crippen LogP contribution in [-0.4, -0.2) is 74.0 Å². The Bertz CT molecular complexity index is 702. The number of benzene rings is 1. The molecule has 0 saturated carbocycles. The first-order valence-electron chi connectivity index (χ1n) is 9.50. The van der Waals surface area contributed by atoms with E-state index >= 15 is 0 Å². The zero-order valence-corrected chi connectivity index (χ0v) is 16.3. The number of carbonyl (C=O) groups excluding carboxylic acids is 1. The van der Waals surface area contributed by atoms with Gasteiger partial charge in [-0.3, -0.25) is 9.69 Å². The highest BCUT2D eigenvalue weighted by molar-refractivity contribution is 7.88. The molecule has 0 bridgehead atoms. The number of hydrogen-bond donors (Lipinski definition) is 0. The van der Waals surface area contributed by atoms with E-state index in [1.807, 2.05) is 35.2 Å². The lowest BCUT2D eigenvalue weighted by atomic mass is 10.0. The maximum Gasteiger partial charge on any atom is 0.244 e. The molecule has 2 fully saturated rings. The molecule has 2 aliphatic rings. The summed E-state index contributed by atoms with van der Waals surface area (Å²) in [6.45, 7) is 3.92. The van der Waals surface area contributed by atoms with Gasteiger partial charge in [-0.25, -0.2) is 12.7 Å². The van der Waals surface area contributed by atoms with Gasteiger partial charge in [0.15, 0.2) is 0 Å². The minimum absolute atomic E-state index is 0.156. The van der Waals surface area contributed by atoms with Crippen LogP contribution < -0.4 is 0 Å². The fraction of sp³-hybridized carbons (Fsp3) is 0.632. The van der Waals surface area contributed by atoms with Gasteiger partial charge in [0.25, 0.3) is 0 Å². The predicted molar refractivity (Wildman–Crippen MR) is 102 cm³/mol. The molecule has 1 aromatic rings. The average Bonchev–Trinajstić information content (AvgIpc) is 2.90. The van der Waals surface area contributed by atoms with Crippen LogP contribution in [0.5, 0.6) is 0 Å². The minimum Gasteiger partial charge on any atom is -0.341 e. The van der Waals surface area contributed by atoms with Crippen LogP contribution in [0.25, 0.3) is 0 Å². The van der Waals surface area contributed by atoms with Gasteiger partial charge in [-0.05, 0) is 31.2 Å². The number of rotatable bonds is 4. The predicted octanol–water partition coefficient (Wildman–Crippen LogP) is 1.71. The van der Waals surface area contributed by atoms with Gasteiger partial charge in [0.1, 0.15) is 6.04 Å². The van der Waals surface area contributed by atoms with Crippen LogP contribution in [0.2, 0.25) is 0 Å². The van der Waals surface area contributed by atoms with Gasteiger partial charge in [0.2, 0.25) is 15.9 Å². The van der Waals surface area contributed by atoms with Crippen molar-refractivity contribution in [2.75, 3.05) is 45.5 Å². The third-order valence-corrected chi connectivity index (χ3v) is 6.64. The van der Waals surface area contributed by atoms with Gasteiger partial charge < -0.3 is 4.90 Å². The topological polar surface area (TPSA) is 60.9 Å². The summed E-state index contributed by atoms with van der Waals surface area (Å²) in [5, 5.41) is 0. The Kier molecular flexibility index (Phi) is 6.32. The lowest BCUT2D eigenvalue weighted by Gasteiger charge is -2.36. The quantitative estimate of drug-likeness (QED) is 0.799. The Morgan fingerprint density at radius 1 is 0.885 bits per heavy atom. The number of sulfonamides is 1. The van der Waals surface area contributed by atoms with Gasteiger partial charge in [-0.2, -0.15) is 0 Å². The first-order chi connectivity index (χ1) is 12.5. The molecule has 0 radical (unpaired) electrons. The van der Waals surface area contributed by atoms with Crippen molar-refractivity contribution >= 4 is 15.9 Å². The zero-order valence-electron chi connectivity index (χ0n) is 15.5. The monoisotopic (exact) mass is 379 g/mol. The van der Waals surface area contributed by atoms with Crippen LogP contribution in [0.15, 0.2) is 30.3 Å². The molecule has 0 aromatic heterocycles. The summed E-state index contributed by atoms with van der Waals surface area (Å²) in [6.07, 6.45) is 5.32. The summed E-state index contributed by atoms with van der Waals surface area (Å²) < 4.78 is 25.3. The van der Waals surface area contributed by atoms with Crippen molar-refractivity contribution in [2.24, 2.45) is 0 Å². The molecule has 6 nitrogen and oxygen atoms in total. The highest BCUT2D eigenvalue weighted by atomic mass is 32.2. The molecule has 0 aliphatic carbocycles. The van der Waals surface area contributed by atoms with Crippen LogP contribution in [0.1, 0.15) is 37.3 Å². The maximum atomic E-state index is 13.3. The van der Waals surface area contributed by atoms with Crippen LogP contribution in [-0.2, 0) is 14.8 Å². The Hall–Kier alpha value is -1.44. The third-order valence-electron chi connectivity index (χ3n) is 5.34. The van der Waals surface area contributed by atoms with E-state index in [0.29, 0.717) is 19.6 Å². The molecule has 7 heteroatoms. The second-order valence-corrected chi connectivity index (χ2v) is 9.23. The van der Waals surface area contributed by atoms with Crippen LogP contribution in [0.3, 0.4) is 0 Å². The molecule has 0 spiro atoms. The number of amides is 1. The van der Waals surface area contributed by atoms with Crippen molar-refractivity contribution in [3.63, 3.8) is 0 Å². The maximum absolute atomic E-state index is 13.3. The number of carbonyl (C=O) groups is 1. The summed E-state index contributed by atoms with van der Waals surface area (Å²) >= 11 is 0.